The van der Waals surface area contributed by atoms with Gasteiger partial charge in [0.1, 0.15) is 19.2 Å². The third-order valence-corrected chi connectivity index (χ3v) is 3.58. The van der Waals surface area contributed by atoms with Crippen LogP contribution in [0, 0.1) is 5.92 Å². The van der Waals surface area contributed by atoms with Gasteiger partial charge in [0.2, 0.25) is 5.91 Å². The fraction of sp³-hybridized carbons (Fsp3) is 0.471. The van der Waals surface area contributed by atoms with Crippen molar-refractivity contribution in [2.45, 2.75) is 26.5 Å². The number of carbonyl (C=O) groups excluding carboxylic acids is 2. The molecule has 0 unspecified atom stereocenters. The normalized spacial score (nSPS) is 11.7. The molecule has 0 aromatic heterocycles. The maximum atomic E-state index is 12.2. The van der Waals surface area contributed by atoms with E-state index in [2.05, 4.69) is 0 Å². The summed E-state index contributed by atoms with van der Waals surface area (Å²) in [4.78, 5) is 37.7. The molecule has 0 heterocycles. The van der Waals surface area contributed by atoms with E-state index in [1.807, 2.05) is 30.3 Å². The number of benzene rings is 1. The van der Waals surface area contributed by atoms with Crippen LogP contribution in [0.4, 0.5) is 4.79 Å². The molecule has 0 bridgehead atoms. The zero-order chi connectivity index (χ0) is 18.3. The van der Waals surface area contributed by atoms with Crippen LogP contribution in [0.5, 0.6) is 0 Å². The van der Waals surface area contributed by atoms with E-state index in [9.17, 15) is 19.5 Å². The second-order valence-electron chi connectivity index (χ2n) is 5.93. The molecule has 0 saturated carbocycles. The zero-order valence-electron chi connectivity index (χ0n) is 14.4. The van der Waals surface area contributed by atoms with Crippen LogP contribution in [0.1, 0.15) is 19.4 Å². The van der Waals surface area contributed by atoms with Gasteiger partial charge in [-0.25, -0.2) is 9.59 Å². The highest BCUT2D eigenvalue weighted by Gasteiger charge is 2.30. The standard InChI is InChI=1S/C17H24N2O5/c1-12(2)15(16(21)22)19(4)14(20)10-18(3)17(23)24-11-13-8-6-5-7-9-13/h5-9,12,15H,10-11H2,1-4H3,(H,21,22)/t15-/m0/s1. The van der Waals surface area contributed by atoms with E-state index in [1.54, 1.807) is 13.8 Å². The summed E-state index contributed by atoms with van der Waals surface area (Å²) in [5.74, 6) is -1.78. The Kier molecular flexibility index (Phi) is 7.23. The van der Waals surface area contributed by atoms with Crippen molar-refractivity contribution in [3.8, 4) is 0 Å². The van der Waals surface area contributed by atoms with Gasteiger partial charge in [0.25, 0.3) is 0 Å². The van der Waals surface area contributed by atoms with Crippen LogP contribution in [0.3, 0.4) is 0 Å². The Balaban J connectivity index is 2.55. The number of rotatable bonds is 7. The zero-order valence-corrected chi connectivity index (χ0v) is 14.4. The first-order valence-corrected chi connectivity index (χ1v) is 7.64. The van der Waals surface area contributed by atoms with E-state index in [1.165, 1.54) is 14.1 Å². The first kappa shape index (κ1) is 19.5. The maximum Gasteiger partial charge on any atom is 0.410 e. The van der Waals surface area contributed by atoms with E-state index >= 15 is 0 Å². The molecule has 0 radical (unpaired) electrons. The Bertz CT molecular complexity index is 574. The van der Waals surface area contributed by atoms with Gasteiger partial charge in [-0.05, 0) is 11.5 Å². The molecular weight excluding hydrogens is 312 g/mol. The Morgan fingerprint density at radius 1 is 1.12 bits per heavy atom. The van der Waals surface area contributed by atoms with Crippen LogP contribution in [-0.2, 0) is 20.9 Å². The van der Waals surface area contributed by atoms with Crippen molar-refractivity contribution in [3.63, 3.8) is 0 Å². The molecule has 2 amide bonds. The quantitative estimate of drug-likeness (QED) is 0.821. The Hall–Kier alpha value is -2.57. The van der Waals surface area contributed by atoms with Crippen LogP contribution >= 0.6 is 0 Å². The third kappa shape index (κ3) is 5.57. The molecule has 0 aliphatic heterocycles. The fourth-order valence-corrected chi connectivity index (χ4v) is 2.26. The third-order valence-electron chi connectivity index (χ3n) is 3.58. The van der Waals surface area contributed by atoms with Gasteiger partial charge in [0, 0.05) is 14.1 Å². The molecule has 7 nitrogen and oxygen atoms in total. The SMILES string of the molecule is CC(C)[C@@H](C(=O)O)N(C)C(=O)CN(C)C(=O)OCc1ccccc1. The average molecular weight is 336 g/mol. The van der Waals surface area contributed by atoms with Crippen molar-refractivity contribution in [2.24, 2.45) is 5.92 Å². The molecule has 132 valence electrons. The Labute approximate surface area is 141 Å². The van der Waals surface area contributed by atoms with Crippen LogP contribution < -0.4 is 0 Å². The van der Waals surface area contributed by atoms with Crippen molar-refractivity contribution in [1.29, 1.82) is 0 Å². The minimum absolute atomic E-state index is 0.109. The molecule has 0 saturated heterocycles. The summed E-state index contributed by atoms with van der Waals surface area (Å²) in [5, 5.41) is 9.22. The van der Waals surface area contributed by atoms with Gasteiger partial charge in [0.05, 0.1) is 0 Å². The number of likely N-dealkylation sites (N-methyl/N-ethyl adjacent to an activating group) is 2. The minimum atomic E-state index is -1.07. The highest BCUT2D eigenvalue weighted by molar-refractivity contribution is 5.86. The van der Waals surface area contributed by atoms with Gasteiger partial charge in [-0.1, -0.05) is 44.2 Å². The lowest BCUT2D eigenvalue weighted by molar-refractivity contribution is -0.151. The molecule has 0 spiro atoms. The number of amides is 2. The number of carboxylic acid groups (broad SMARTS) is 1. The second kappa shape index (κ2) is 8.90. The minimum Gasteiger partial charge on any atom is -0.480 e. The van der Waals surface area contributed by atoms with Crippen molar-refractivity contribution in [3.05, 3.63) is 35.9 Å². The lowest BCUT2D eigenvalue weighted by Crippen LogP contribution is -2.49. The monoisotopic (exact) mass is 336 g/mol. The smallest absolute Gasteiger partial charge is 0.410 e. The molecule has 1 N–H and O–H groups in total. The van der Waals surface area contributed by atoms with Crippen LogP contribution in [0.25, 0.3) is 0 Å². The predicted molar refractivity (Wildman–Crippen MR) is 88.3 cm³/mol. The highest BCUT2D eigenvalue weighted by atomic mass is 16.6. The molecular formula is C17H24N2O5. The lowest BCUT2D eigenvalue weighted by atomic mass is 10.0. The number of nitrogens with zero attached hydrogens (tertiary/aromatic N) is 2. The number of carboxylic acids is 1. The Morgan fingerprint density at radius 2 is 1.71 bits per heavy atom. The lowest BCUT2D eigenvalue weighted by Gasteiger charge is -2.29. The topological polar surface area (TPSA) is 87.2 Å². The van der Waals surface area contributed by atoms with Crippen molar-refractivity contribution < 1.29 is 24.2 Å². The molecule has 1 aromatic rings. The summed E-state index contributed by atoms with van der Waals surface area (Å²) < 4.78 is 5.13. The molecule has 1 rings (SSSR count). The predicted octanol–water partition coefficient (Wildman–Crippen LogP) is 1.82. The molecule has 0 aliphatic rings. The summed E-state index contributed by atoms with van der Waals surface area (Å²) in [6, 6.07) is 8.25. The summed E-state index contributed by atoms with van der Waals surface area (Å²) in [6.45, 7) is 3.30. The summed E-state index contributed by atoms with van der Waals surface area (Å²) in [7, 11) is 2.86. The molecule has 1 atom stereocenters. The van der Waals surface area contributed by atoms with Crippen LogP contribution in [0.15, 0.2) is 30.3 Å². The molecule has 7 heteroatoms. The van der Waals surface area contributed by atoms with Gasteiger partial charge in [-0.2, -0.15) is 0 Å². The largest absolute Gasteiger partial charge is 0.480 e. The number of hydrogen-bond acceptors (Lipinski definition) is 4. The summed E-state index contributed by atoms with van der Waals surface area (Å²) >= 11 is 0. The first-order valence-electron chi connectivity index (χ1n) is 7.64. The number of aliphatic carboxylic acids is 1. The first-order chi connectivity index (χ1) is 11.2. The number of hydrogen-bond donors (Lipinski definition) is 1. The van der Waals surface area contributed by atoms with E-state index in [4.69, 9.17) is 4.74 Å². The van der Waals surface area contributed by atoms with Gasteiger partial charge in [-0.15, -0.1) is 0 Å². The number of carbonyl (C=O) groups is 3. The van der Waals surface area contributed by atoms with Crippen LogP contribution in [-0.4, -0.2) is 59.6 Å². The van der Waals surface area contributed by atoms with Gasteiger partial charge >= 0.3 is 12.1 Å². The summed E-state index contributed by atoms with van der Waals surface area (Å²) in [5.41, 5.74) is 0.841. The molecule has 0 aliphatic carbocycles. The van der Waals surface area contributed by atoms with Crippen molar-refractivity contribution >= 4 is 18.0 Å². The van der Waals surface area contributed by atoms with Crippen LogP contribution in [0.2, 0.25) is 0 Å². The van der Waals surface area contributed by atoms with Gasteiger partial charge in [-0.3, -0.25) is 4.79 Å². The maximum absolute atomic E-state index is 12.2. The fourth-order valence-electron chi connectivity index (χ4n) is 2.26. The van der Waals surface area contributed by atoms with Crippen molar-refractivity contribution in [1.82, 2.24) is 9.80 Å². The van der Waals surface area contributed by atoms with Gasteiger partial charge in [0.15, 0.2) is 0 Å². The molecule has 0 fully saturated rings. The summed E-state index contributed by atoms with van der Waals surface area (Å²) in [6.07, 6.45) is -0.642. The molecule has 24 heavy (non-hydrogen) atoms. The average Bonchev–Trinajstić information content (AvgIpc) is 2.52. The van der Waals surface area contributed by atoms with E-state index in [0.29, 0.717) is 0 Å². The Morgan fingerprint density at radius 3 is 2.21 bits per heavy atom. The second-order valence-corrected chi connectivity index (χ2v) is 5.93. The van der Waals surface area contributed by atoms with E-state index < -0.39 is 24.0 Å². The van der Waals surface area contributed by atoms with E-state index in [-0.39, 0.29) is 19.1 Å². The molecule has 1 aromatic carbocycles. The van der Waals surface area contributed by atoms with E-state index in [0.717, 1.165) is 15.4 Å². The highest BCUT2D eigenvalue weighted by Crippen LogP contribution is 2.10. The van der Waals surface area contributed by atoms with Gasteiger partial charge < -0.3 is 19.6 Å². The van der Waals surface area contributed by atoms with Crippen molar-refractivity contribution in [2.75, 3.05) is 20.6 Å². The number of ether oxygens (including phenoxy) is 1.